The van der Waals surface area contributed by atoms with Crippen molar-refractivity contribution >= 4 is 28.0 Å². The van der Waals surface area contributed by atoms with Crippen molar-refractivity contribution in [2.75, 3.05) is 6.61 Å². The van der Waals surface area contributed by atoms with Crippen LogP contribution in [0.3, 0.4) is 0 Å². The van der Waals surface area contributed by atoms with Gasteiger partial charge in [0.15, 0.2) is 0 Å². The smallest absolute Gasteiger partial charge is 0.330 e. The van der Waals surface area contributed by atoms with Crippen LogP contribution in [0.1, 0.15) is 12.5 Å². The third kappa shape index (κ3) is 3.83. The Labute approximate surface area is 95.9 Å². The molecule has 0 saturated carbocycles. The van der Waals surface area contributed by atoms with Crippen molar-refractivity contribution in [2.45, 2.75) is 6.92 Å². The summed E-state index contributed by atoms with van der Waals surface area (Å²) in [5.74, 6) is -0.782. The van der Waals surface area contributed by atoms with Crippen LogP contribution >= 0.6 is 15.9 Å². The largest absolute Gasteiger partial charge is 0.463 e. The van der Waals surface area contributed by atoms with Gasteiger partial charge >= 0.3 is 5.97 Å². The average Bonchev–Trinajstić information content (AvgIpc) is 2.20. The van der Waals surface area contributed by atoms with Gasteiger partial charge in [-0.1, -0.05) is 15.9 Å². The van der Waals surface area contributed by atoms with E-state index in [1.54, 1.807) is 13.0 Å². The van der Waals surface area contributed by atoms with Gasteiger partial charge in [-0.05, 0) is 36.8 Å². The van der Waals surface area contributed by atoms with Crippen molar-refractivity contribution in [2.24, 2.45) is 0 Å². The van der Waals surface area contributed by atoms with Crippen LogP contribution in [0.5, 0.6) is 0 Å². The Morgan fingerprint density at radius 1 is 1.60 bits per heavy atom. The molecule has 4 heteroatoms. The number of rotatable bonds is 3. The SMILES string of the molecule is CCOC(=O)C=Cc1cc(F)ccc1Br. The molecule has 1 aromatic carbocycles. The Hall–Kier alpha value is -1.16. The Kier molecular flexibility index (Phi) is 4.49. The standard InChI is InChI=1S/C11H10BrFO2/c1-2-15-11(14)6-3-8-7-9(13)4-5-10(8)12/h3-7H,2H2,1H3. The molecule has 0 atom stereocenters. The van der Waals surface area contributed by atoms with Gasteiger partial charge in [-0.3, -0.25) is 0 Å². The summed E-state index contributed by atoms with van der Waals surface area (Å²) < 4.78 is 18.3. The minimum absolute atomic E-state index is 0.327. The van der Waals surface area contributed by atoms with E-state index in [2.05, 4.69) is 15.9 Å². The predicted octanol–water partition coefficient (Wildman–Crippen LogP) is 3.16. The molecule has 0 aliphatic carbocycles. The second-order valence-electron chi connectivity index (χ2n) is 2.75. The lowest BCUT2D eigenvalue weighted by Gasteiger charge is -1.98. The van der Waals surface area contributed by atoms with Crippen LogP contribution in [0, 0.1) is 5.82 Å². The molecule has 0 fully saturated rings. The predicted molar refractivity (Wildman–Crippen MR) is 59.8 cm³/mol. The van der Waals surface area contributed by atoms with E-state index in [-0.39, 0.29) is 5.82 Å². The first-order valence-electron chi connectivity index (χ1n) is 4.43. The molecule has 0 spiro atoms. The quantitative estimate of drug-likeness (QED) is 0.624. The van der Waals surface area contributed by atoms with Crippen molar-refractivity contribution in [3.05, 3.63) is 40.1 Å². The number of halogens is 2. The highest BCUT2D eigenvalue weighted by Gasteiger charge is 1.99. The molecule has 0 bridgehead atoms. The van der Waals surface area contributed by atoms with Gasteiger partial charge in [-0.2, -0.15) is 0 Å². The normalized spacial score (nSPS) is 10.6. The fraction of sp³-hybridized carbons (Fsp3) is 0.182. The number of carbonyl (C=O) groups is 1. The first-order valence-corrected chi connectivity index (χ1v) is 5.22. The monoisotopic (exact) mass is 272 g/mol. The van der Waals surface area contributed by atoms with E-state index in [1.807, 2.05) is 0 Å². The Morgan fingerprint density at radius 2 is 2.33 bits per heavy atom. The van der Waals surface area contributed by atoms with Crippen molar-refractivity contribution in [3.63, 3.8) is 0 Å². The number of carbonyl (C=O) groups excluding carboxylic acids is 1. The third-order valence-electron chi connectivity index (χ3n) is 1.64. The van der Waals surface area contributed by atoms with Gasteiger partial charge in [0.05, 0.1) is 6.61 Å². The Balaban J connectivity index is 2.79. The van der Waals surface area contributed by atoms with E-state index in [0.717, 1.165) is 4.47 Å². The lowest BCUT2D eigenvalue weighted by atomic mass is 10.2. The highest BCUT2D eigenvalue weighted by atomic mass is 79.9. The van der Waals surface area contributed by atoms with Crippen LogP contribution in [-0.4, -0.2) is 12.6 Å². The van der Waals surface area contributed by atoms with Crippen molar-refractivity contribution in [1.29, 1.82) is 0 Å². The van der Waals surface area contributed by atoms with E-state index in [1.165, 1.54) is 24.3 Å². The van der Waals surface area contributed by atoms with Gasteiger partial charge in [-0.15, -0.1) is 0 Å². The highest BCUT2D eigenvalue weighted by Crippen LogP contribution is 2.19. The maximum atomic E-state index is 12.8. The van der Waals surface area contributed by atoms with Crippen molar-refractivity contribution < 1.29 is 13.9 Å². The molecule has 0 unspecified atom stereocenters. The van der Waals surface area contributed by atoms with E-state index < -0.39 is 5.97 Å². The van der Waals surface area contributed by atoms with Crippen LogP contribution in [0.2, 0.25) is 0 Å². The van der Waals surface area contributed by atoms with E-state index in [4.69, 9.17) is 4.74 Å². The summed E-state index contributed by atoms with van der Waals surface area (Å²) in [5, 5.41) is 0. The molecular formula is C11H10BrFO2. The van der Waals surface area contributed by atoms with Gasteiger partial charge in [0.1, 0.15) is 5.82 Å². The zero-order chi connectivity index (χ0) is 11.3. The highest BCUT2D eigenvalue weighted by molar-refractivity contribution is 9.10. The summed E-state index contributed by atoms with van der Waals surface area (Å²) in [5.41, 5.74) is 0.600. The summed E-state index contributed by atoms with van der Waals surface area (Å²) in [4.78, 5) is 11.0. The topological polar surface area (TPSA) is 26.3 Å². The summed E-state index contributed by atoms with van der Waals surface area (Å²) in [6.07, 6.45) is 2.77. The molecular weight excluding hydrogens is 263 g/mol. The average molecular weight is 273 g/mol. The second kappa shape index (κ2) is 5.66. The van der Waals surface area contributed by atoms with E-state index in [9.17, 15) is 9.18 Å². The minimum Gasteiger partial charge on any atom is -0.463 e. The molecule has 0 aliphatic heterocycles. The molecule has 0 saturated heterocycles. The summed E-state index contributed by atoms with van der Waals surface area (Å²) in [7, 11) is 0. The summed E-state index contributed by atoms with van der Waals surface area (Å²) in [6.45, 7) is 2.05. The zero-order valence-electron chi connectivity index (χ0n) is 8.17. The van der Waals surface area contributed by atoms with Gasteiger partial charge in [-0.25, -0.2) is 9.18 Å². The first kappa shape index (κ1) is 11.9. The molecule has 1 aromatic rings. The van der Waals surface area contributed by atoms with Crippen LogP contribution < -0.4 is 0 Å². The van der Waals surface area contributed by atoms with E-state index >= 15 is 0 Å². The fourth-order valence-corrected chi connectivity index (χ4v) is 1.37. The van der Waals surface area contributed by atoms with Crippen LogP contribution in [0.25, 0.3) is 6.08 Å². The molecule has 1 rings (SSSR count). The minimum atomic E-state index is -0.436. The third-order valence-corrected chi connectivity index (χ3v) is 2.37. The fourth-order valence-electron chi connectivity index (χ4n) is 0.991. The molecule has 0 aromatic heterocycles. The number of hydrogen-bond donors (Lipinski definition) is 0. The van der Waals surface area contributed by atoms with Gasteiger partial charge in [0.2, 0.25) is 0 Å². The van der Waals surface area contributed by atoms with Gasteiger partial charge in [0.25, 0.3) is 0 Å². The molecule has 0 aliphatic rings. The summed E-state index contributed by atoms with van der Waals surface area (Å²) >= 11 is 3.25. The molecule has 0 heterocycles. The lowest BCUT2D eigenvalue weighted by Crippen LogP contribution is -1.98. The Morgan fingerprint density at radius 3 is 3.00 bits per heavy atom. The van der Waals surface area contributed by atoms with Crippen LogP contribution in [0.4, 0.5) is 4.39 Å². The van der Waals surface area contributed by atoms with Gasteiger partial charge in [0, 0.05) is 10.5 Å². The molecule has 0 amide bonds. The summed E-state index contributed by atoms with van der Waals surface area (Å²) in [6, 6.07) is 4.26. The first-order chi connectivity index (χ1) is 7.13. The van der Waals surface area contributed by atoms with Crippen LogP contribution in [-0.2, 0) is 9.53 Å². The zero-order valence-corrected chi connectivity index (χ0v) is 9.75. The molecule has 2 nitrogen and oxygen atoms in total. The number of hydrogen-bond acceptors (Lipinski definition) is 2. The maximum Gasteiger partial charge on any atom is 0.330 e. The number of esters is 1. The molecule has 0 radical (unpaired) electrons. The molecule has 0 N–H and O–H groups in total. The lowest BCUT2D eigenvalue weighted by molar-refractivity contribution is -0.137. The number of ether oxygens (including phenoxy) is 1. The molecule has 80 valence electrons. The van der Waals surface area contributed by atoms with Crippen LogP contribution in [0.15, 0.2) is 28.7 Å². The van der Waals surface area contributed by atoms with E-state index in [0.29, 0.717) is 12.2 Å². The van der Waals surface area contributed by atoms with Gasteiger partial charge < -0.3 is 4.74 Å². The number of benzene rings is 1. The van der Waals surface area contributed by atoms with Crippen molar-refractivity contribution in [3.8, 4) is 0 Å². The second-order valence-corrected chi connectivity index (χ2v) is 3.61. The Bertz CT molecular complexity index is 388. The maximum absolute atomic E-state index is 12.8. The van der Waals surface area contributed by atoms with Crippen molar-refractivity contribution in [1.82, 2.24) is 0 Å². The molecule has 15 heavy (non-hydrogen) atoms.